The maximum absolute atomic E-state index is 5.83. The second kappa shape index (κ2) is 4.92. The maximum Gasteiger partial charge on any atom is 0.222 e. The maximum atomic E-state index is 5.83. The lowest BCUT2D eigenvalue weighted by Crippen LogP contribution is -2.04. The van der Waals surface area contributed by atoms with Crippen molar-refractivity contribution >= 4 is 28.4 Å². The van der Waals surface area contributed by atoms with Crippen molar-refractivity contribution in [1.29, 1.82) is 0 Å². The summed E-state index contributed by atoms with van der Waals surface area (Å²) in [5.41, 5.74) is 8.80. The number of thiophene rings is 1. The highest BCUT2D eigenvalue weighted by Crippen LogP contribution is 2.26. The first-order valence-corrected chi connectivity index (χ1v) is 7.54. The number of hydrogen-bond donors (Lipinski definition) is 1. The number of furan rings is 1. The zero-order chi connectivity index (χ0) is 15.1. The van der Waals surface area contributed by atoms with Crippen molar-refractivity contribution in [3.05, 3.63) is 40.3 Å². The highest BCUT2D eigenvalue weighted by molar-refractivity contribution is 7.10. The topological polar surface area (TPSA) is 95.7 Å². The lowest BCUT2D eigenvalue weighted by atomic mass is 10.3. The Bertz CT molecular complexity index is 940. The zero-order valence-electron chi connectivity index (χ0n) is 11.7. The summed E-state index contributed by atoms with van der Waals surface area (Å²) < 4.78 is 7.13. The number of anilines is 1. The number of nitrogens with zero attached hydrogens (tertiary/aromatic N) is 5. The molecule has 0 saturated carbocycles. The van der Waals surface area contributed by atoms with Gasteiger partial charge < -0.3 is 10.2 Å². The fourth-order valence-corrected chi connectivity index (χ4v) is 3.15. The molecule has 8 heteroatoms. The van der Waals surface area contributed by atoms with Crippen LogP contribution in [0.3, 0.4) is 0 Å². The molecule has 0 fully saturated rings. The molecule has 0 aliphatic rings. The quantitative estimate of drug-likeness (QED) is 0.624. The summed E-state index contributed by atoms with van der Waals surface area (Å²) in [6.45, 7) is 2.68. The van der Waals surface area contributed by atoms with Gasteiger partial charge in [0.1, 0.15) is 5.69 Å². The van der Waals surface area contributed by atoms with Gasteiger partial charge in [-0.3, -0.25) is 0 Å². The van der Waals surface area contributed by atoms with Gasteiger partial charge in [-0.25, -0.2) is 9.67 Å². The van der Waals surface area contributed by atoms with E-state index in [4.69, 9.17) is 10.2 Å². The molecule has 7 nitrogen and oxygen atoms in total. The summed E-state index contributed by atoms with van der Waals surface area (Å²) in [6, 6.07) is 5.68. The molecule has 0 bridgehead atoms. The van der Waals surface area contributed by atoms with Crippen LogP contribution in [0.15, 0.2) is 34.3 Å². The predicted octanol–water partition coefficient (Wildman–Crippen LogP) is 2.48. The van der Waals surface area contributed by atoms with Gasteiger partial charge in [-0.05, 0) is 36.1 Å². The number of hydrogen-bond acceptors (Lipinski definition) is 7. The molecule has 0 aliphatic heterocycles. The van der Waals surface area contributed by atoms with E-state index in [2.05, 4.69) is 38.7 Å². The molecule has 4 aromatic heterocycles. The van der Waals surface area contributed by atoms with E-state index < -0.39 is 0 Å². The molecule has 0 saturated heterocycles. The number of nitrogens with two attached hydrogens (primary N) is 1. The van der Waals surface area contributed by atoms with Crippen LogP contribution < -0.4 is 5.73 Å². The van der Waals surface area contributed by atoms with Gasteiger partial charge in [-0.1, -0.05) is 5.21 Å². The van der Waals surface area contributed by atoms with Crippen LogP contribution in [0.1, 0.15) is 10.4 Å². The lowest BCUT2D eigenvalue weighted by molar-refractivity contribution is 0.580. The lowest BCUT2D eigenvalue weighted by Gasteiger charge is -2.03. The first kappa shape index (κ1) is 13.0. The van der Waals surface area contributed by atoms with E-state index in [0.29, 0.717) is 29.2 Å². The second-order valence-corrected chi connectivity index (χ2v) is 5.85. The molecule has 0 radical (unpaired) electrons. The van der Waals surface area contributed by atoms with Gasteiger partial charge in [-0.2, -0.15) is 4.98 Å². The summed E-state index contributed by atoms with van der Waals surface area (Å²) in [5, 5.41) is 10.5. The average molecular weight is 312 g/mol. The van der Waals surface area contributed by atoms with Crippen LogP contribution in [-0.2, 0) is 6.54 Å². The van der Waals surface area contributed by atoms with Crippen molar-refractivity contribution in [2.45, 2.75) is 13.5 Å². The van der Waals surface area contributed by atoms with Crippen LogP contribution >= 0.6 is 11.3 Å². The Kier molecular flexibility index (Phi) is 2.90. The Morgan fingerprint density at radius 2 is 2.23 bits per heavy atom. The Morgan fingerprint density at radius 1 is 1.32 bits per heavy atom. The Morgan fingerprint density at radius 3 is 2.95 bits per heavy atom. The number of aromatic nitrogens is 5. The van der Waals surface area contributed by atoms with E-state index in [1.807, 2.05) is 6.07 Å². The molecule has 0 unspecified atom stereocenters. The van der Waals surface area contributed by atoms with Crippen molar-refractivity contribution in [2.75, 3.05) is 5.73 Å². The minimum Gasteiger partial charge on any atom is -0.463 e. The molecule has 4 rings (SSSR count). The molecule has 0 aromatic carbocycles. The Labute approximate surface area is 129 Å². The van der Waals surface area contributed by atoms with Crippen molar-refractivity contribution in [3.8, 4) is 11.5 Å². The molecule has 4 aromatic rings. The standard InChI is InChI=1S/C14H12N6OS/c1-8-4-6-22-10(8)7-20-13-12(18-19-20)11(16-14(15)17-13)9-3-2-5-21-9/h2-6H,7H2,1H3,(H2,15,16,17). The van der Waals surface area contributed by atoms with Crippen molar-refractivity contribution < 1.29 is 4.42 Å². The molecule has 110 valence electrons. The predicted molar refractivity (Wildman–Crippen MR) is 83.4 cm³/mol. The molecule has 0 spiro atoms. The Balaban J connectivity index is 1.87. The van der Waals surface area contributed by atoms with Gasteiger partial charge in [-0.15, -0.1) is 16.4 Å². The van der Waals surface area contributed by atoms with E-state index in [1.165, 1.54) is 10.4 Å². The van der Waals surface area contributed by atoms with Gasteiger partial charge in [0.25, 0.3) is 0 Å². The van der Waals surface area contributed by atoms with Crippen LogP contribution in [0.25, 0.3) is 22.6 Å². The molecule has 22 heavy (non-hydrogen) atoms. The first-order chi connectivity index (χ1) is 10.7. The molecule has 4 heterocycles. The van der Waals surface area contributed by atoms with E-state index in [9.17, 15) is 0 Å². The molecule has 0 aliphatic carbocycles. The largest absolute Gasteiger partial charge is 0.463 e. The smallest absolute Gasteiger partial charge is 0.222 e. The summed E-state index contributed by atoms with van der Waals surface area (Å²) in [6.07, 6.45) is 1.58. The molecule has 0 amide bonds. The van der Waals surface area contributed by atoms with Crippen LogP contribution in [0.5, 0.6) is 0 Å². The Hall–Kier alpha value is -2.74. The third-order valence-corrected chi connectivity index (χ3v) is 4.40. The second-order valence-electron chi connectivity index (χ2n) is 4.85. The van der Waals surface area contributed by atoms with Crippen molar-refractivity contribution in [1.82, 2.24) is 25.0 Å². The zero-order valence-corrected chi connectivity index (χ0v) is 12.5. The summed E-state index contributed by atoms with van der Waals surface area (Å²) >= 11 is 1.68. The molecular weight excluding hydrogens is 300 g/mol. The normalized spacial score (nSPS) is 11.3. The fraction of sp³-hybridized carbons (Fsp3) is 0.143. The van der Waals surface area contributed by atoms with Crippen LogP contribution in [-0.4, -0.2) is 25.0 Å². The third-order valence-electron chi connectivity index (χ3n) is 3.40. The summed E-state index contributed by atoms with van der Waals surface area (Å²) in [4.78, 5) is 9.73. The van der Waals surface area contributed by atoms with Gasteiger partial charge in [0.2, 0.25) is 5.95 Å². The average Bonchev–Trinajstić information content (AvgIpc) is 3.22. The van der Waals surface area contributed by atoms with Crippen LogP contribution in [0.4, 0.5) is 5.95 Å². The van der Waals surface area contributed by atoms with E-state index in [1.54, 1.807) is 28.3 Å². The molecule has 0 atom stereocenters. The SMILES string of the molecule is Cc1ccsc1Cn1nnc2c(-c3ccco3)nc(N)nc21. The fourth-order valence-electron chi connectivity index (χ4n) is 2.27. The van der Waals surface area contributed by atoms with Crippen LogP contribution in [0, 0.1) is 6.92 Å². The number of nitrogen functional groups attached to an aromatic ring is 1. The monoisotopic (exact) mass is 312 g/mol. The summed E-state index contributed by atoms with van der Waals surface area (Å²) in [7, 11) is 0. The summed E-state index contributed by atoms with van der Waals surface area (Å²) in [5.74, 6) is 0.767. The van der Waals surface area contributed by atoms with E-state index in [-0.39, 0.29) is 5.95 Å². The molecule has 2 N–H and O–H groups in total. The van der Waals surface area contributed by atoms with Gasteiger partial charge in [0.05, 0.1) is 12.8 Å². The number of rotatable bonds is 3. The van der Waals surface area contributed by atoms with Crippen molar-refractivity contribution in [3.63, 3.8) is 0 Å². The highest BCUT2D eigenvalue weighted by atomic mass is 32.1. The minimum atomic E-state index is 0.172. The van der Waals surface area contributed by atoms with E-state index in [0.717, 1.165) is 0 Å². The number of aryl methyl sites for hydroxylation is 1. The van der Waals surface area contributed by atoms with Gasteiger partial charge in [0, 0.05) is 4.88 Å². The van der Waals surface area contributed by atoms with Crippen molar-refractivity contribution in [2.24, 2.45) is 0 Å². The minimum absolute atomic E-state index is 0.172. The third kappa shape index (κ3) is 2.04. The first-order valence-electron chi connectivity index (χ1n) is 6.66. The molecular formula is C14H12N6OS. The van der Waals surface area contributed by atoms with Crippen LogP contribution in [0.2, 0.25) is 0 Å². The van der Waals surface area contributed by atoms with E-state index >= 15 is 0 Å². The highest BCUT2D eigenvalue weighted by Gasteiger charge is 2.17. The van der Waals surface area contributed by atoms with Gasteiger partial charge in [0.15, 0.2) is 16.9 Å². The number of fused-ring (bicyclic) bond motifs is 1. The van der Waals surface area contributed by atoms with Gasteiger partial charge >= 0.3 is 0 Å².